The number of ether oxygens (including phenoxy) is 1. The van der Waals surface area contributed by atoms with Gasteiger partial charge in [0.2, 0.25) is 0 Å². The Labute approximate surface area is 289 Å². The van der Waals surface area contributed by atoms with Gasteiger partial charge in [0, 0.05) is 68.3 Å². The summed E-state index contributed by atoms with van der Waals surface area (Å²) in [6, 6.07) is 10.1. The van der Waals surface area contributed by atoms with Crippen molar-refractivity contribution < 1.29 is 9.84 Å². The lowest BCUT2D eigenvalue weighted by atomic mass is 9.90. The minimum atomic E-state index is -0.347. The third-order valence-electron chi connectivity index (χ3n) is 11.2. The maximum atomic E-state index is 13.8. The minimum absolute atomic E-state index is 0.171. The summed E-state index contributed by atoms with van der Waals surface area (Å²) in [5, 5.41) is 13.9. The molecule has 0 radical (unpaired) electrons. The summed E-state index contributed by atoms with van der Waals surface area (Å²) in [5.41, 5.74) is 6.23. The zero-order valence-electron chi connectivity index (χ0n) is 28.7. The van der Waals surface area contributed by atoms with Crippen LogP contribution in [0.1, 0.15) is 43.5 Å². The van der Waals surface area contributed by atoms with Gasteiger partial charge in [0.1, 0.15) is 22.8 Å². The number of hydrogen-bond donors (Lipinski definition) is 2. The topological polar surface area (TPSA) is 122 Å². The summed E-state index contributed by atoms with van der Waals surface area (Å²) in [6.45, 7) is 8.86. The minimum Gasteiger partial charge on any atom is -0.392 e. The Balaban J connectivity index is 1.00. The fourth-order valence-corrected chi connectivity index (χ4v) is 8.38. The summed E-state index contributed by atoms with van der Waals surface area (Å²) in [6.07, 6.45) is 13.1. The van der Waals surface area contributed by atoms with Crippen LogP contribution in [0, 0.1) is 5.41 Å². The van der Waals surface area contributed by atoms with Crippen molar-refractivity contribution in [1.82, 2.24) is 28.4 Å². The molecular formula is C38H42N8O4. The number of nitrogens with zero attached hydrogens (tertiary/aromatic N) is 7. The average Bonchev–Trinajstić information content (AvgIpc) is 3.65. The van der Waals surface area contributed by atoms with Crippen molar-refractivity contribution in [2.24, 2.45) is 12.5 Å². The van der Waals surface area contributed by atoms with E-state index in [9.17, 15) is 14.7 Å². The van der Waals surface area contributed by atoms with Crippen molar-refractivity contribution in [2.75, 3.05) is 43.1 Å². The van der Waals surface area contributed by atoms with E-state index in [-0.39, 0.29) is 28.7 Å². The van der Waals surface area contributed by atoms with E-state index in [2.05, 4.69) is 40.0 Å². The molecule has 258 valence electrons. The maximum absolute atomic E-state index is 13.8. The van der Waals surface area contributed by atoms with Crippen LogP contribution in [0.15, 0.2) is 70.9 Å². The quantitative estimate of drug-likeness (QED) is 0.267. The molecule has 1 saturated carbocycles. The fraction of sp³-hybridized carbons (Fsp3) is 0.421. The fourth-order valence-electron chi connectivity index (χ4n) is 8.38. The average molecular weight is 675 g/mol. The number of rotatable bonds is 7. The highest BCUT2D eigenvalue weighted by Crippen LogP contribution is 2.47. The second kappa shape index (κ2) is 11.4. The molecular weight excluding hydrogens is 632 g/mol. The number of nitrogens with one attached hydrogen (secondary N) is 1. The number of aliphatic hydroxyl groups excluding tert-OH is 1. The third-order valence-corrected chi connectivity index (χ3v) is 11.2. The molecule has 0 unspecified atom stereocenters. The molecule has 3 fully saturated rings. The highest BCUT2D eigenvalue weighted by molar-refractivity contribution is 5.73. The lowest BCUT2D eigenvalue weighted by Crippen LogP contribution is -2.61. The molecule has 5 aromatic rings. The van der Waals surface area contributed by atoms with Crippen molar-refractivity contribution in [3.05, 3.63) is 98.8 Å². The molecule has 5 aromatic heterocycles. The summed E-state index contributed by atoms with van der Waals surface area (Å²) in [7, 11) is 1.70. The molecule has 9 rings (SSSR count). The lowest BCUT2D eigenvalue weighted by Gasteiger charge is -2.48. The van der Waals surface area contributed by atoms with Gasteiger partial charge in [-0.3, -0.25) is 19.1 Å². The highest BCUT2D eigenvalue weighted by Gasteiger charge is 2.52. The first-order chi connectivity index (χ1) is 24.1. The van der Waals surface area contributed by atoms with Crippen LogP contribution < -0.4 is 21.3 Å². The second-order valence-corrected chi connectivity index (χ2v) is 15.3. The molecule has 0 atom stereocenters. The smallest absolute Gasteiger partial charge is 0.280 e. The van der Waals surface area contributed by atoms with E-state index < -0.39 is 0 Å². The molecule has 7 heterocycles. The molecule has 2 saturated heterocycles. The van der Waals surface area contributed by atoms with Gasteiger partial charge in [0.15, 0.2) is 0 Å². The zero-order chi connectivity index (χ0) is 34.4. The van der Waals surface area contributed by atoms with Crippen molar-refractivity contribution in [3.8, 4) is 16.9 Å². The van der Waals surface area contributed by atoms with Gasteiger partial charge in [-0.05, 0) is 72.6 Å². The van der Waals surface area contributed by atoms with Crippen LogP contribution >= 0.6 is 0 Å². The Bertz CT molecular complexity index is 2260. The standard InChI is InChI=1S/C38H42N8O4/c1-37(2)16-24-15-31-36(49)45(12-11-44(31)32(24)17-37)34-29(20-47)28(6-9-39-34)25-14-30(35(48)42(3)19-25)41-33-5-4-26(18-40-33)46-13-10-43(27-21-50-22-27)23-38(46)7-8-38/h4-6,9,11-12,14-15,18-19,27,47H,7-8,10,13,16-17,20-23H2,1-3H3,(H,40,41). The number of aryl methyl sites for hydroxylation is 1. The maximum Gasteiger partial charge on any atom is 0.280 e. The molecule has 12 heteroatoms. The summed E-state index contributed by atoms with van der Waals surface area (Å²) < 4.78 is 10.5. The Hall–Kier alpha value is -4.78. The van der Waals surface area contributed by atoms with E-state index >= 15 is 0 Å². The first-order valence-electron chi connectivity index (χ1n) is 17.5. The van der Waals surface area contributed by atoms with E-state index in [1.54, 1.807) is 37.8 Å². The Morgan fingerprint density at radius 2 is 1.86 bits per heavy atom. The van der Waals surface area contributed by atoms with E-state index in [4.69, 9.17) is 9.72 Å². The van der Waals surface area contributed by atoms with E-state index in [0.29, 0.717) is 45.6 Å². The van der Waals surface area contributed by atoms with Gasteiger partial charge >= 0.3 is 0 Å². The molecule has 1 spiro atoms. The van der Waals surface area contributed by atoms with Gasteiger partial charge in [-0.15, -0.1) is 0 Å². The summed E-state index contributed by atoms with van der Waals surface area (Å²) >= 11 is 0. The largest absolute Gasteiger partial charge is 0.392 e. The van der Waals surface area contributed by atoms with Crippen LogP contribution in [0.5, 0.6) is 0 Å². The number of pyridine rings is 3. The van der Waals surface area contributed by atoms with Crippen molar-refractivity contribution >= 4 is 22.7 Å². The summed E-state index contributed by atoms with van der Waals surface area (Å²) in [4.78, 5) is 41.5. The number of fused-ring (bicyclic) bond motifs is 3. The van der Waals surface area contributed by atoms with Gasteiger partial charge < -0.3 is 29.0 Å². The number of hydrogen-bond acceptors (Lipinski definition) is 9. The molecule has 0 bridgehead atoms. The molecule has 4 aliphatic rings. The van der Waals surface area contributed by atoms with Gasteiger partial charge in [0.25, 0.3) is 11.1 Å². The van der Waals surface area contributed by atoms with Crippen LogP contribution in [0.3, 0.4) is 0 Å². The van der Waals surface area contributed by atoms with Crippen LogP contribution in [0.25, 0.3) is 22.5 Å². The molecule has 2 aliphatic carbocycles. The van der Waals surface area contributed by atoms with Crippen LogP contribution in [0.4, 0.5) is 17.2 Å². The van der Waals surface area contributed by atoms with Gasteiger partial charge in [-0.25, -0.2) is 9.97 Å². The van der Waals surface area contributed by atoms with Crippen LogP contribution in [-0.4, -0.2) is 77.9 Å². The predicted octanol–water partition coefficient (Wildman–Crippen LogP) is 3.66. The van der Waals surface area contributed by atoms with Crippen molar-refractivity contribution in [3.63, 3.8) is 0 Å². The van der Waals surface area contributed by atoms with E-state index in [1.165, 1.54) is 33.2 Å². The van der Waals surface area contributed by atoms with Crippen LogP contribution in [0.2, 0.25) is 0 Å². The summed E-state index contributed by atoms with van der Waals surface area (Å²) in [5.74, 6) is 0.924. The van der Waals surface area contributed by atoms with Gasteiger partial charge in [0.05, 0.1) is 43.3 Å². The number of piperazine rings is 1. The zero-order valence-corrected chi connectivity index (χ0v) is 28.7. The first-order valence-corrected chi connectivity index (χ1v) is 17.5. The van der Waals surface area contributed by atoms with E-state index in [1.807, 2.05) is 28.9 Å². The third kappa shape index (κ3) is 5.07. The van der Waals surface area contributed by atoms with Gasteiger partial charge in [-0.2, -0.15) is 0 Å². The van der Waals surface area contributed by atoms with Gasteiger partial charge in [-0.1, -0.05) is 13.8 Å². The first kappa shape index (κ1) is 31.2. The number of anilines is 3. The Morgan fingerprint density at radius 3 is 2.58 bits per heavy atom. The molecule has 50 heavy (non-hydrogen) atoms. The predicted molar refractivity (Wildman–Crippen MR) is 192 cm³/mol. The molecule has 0 amide bonds. The highest BCUT2D eigenvalue weighted by atomic mass is 16.5. The normalized spacial score (nSPS) is 19.6. The number of aromatic nitrogens is 5. The second-order valence-electron chi connectivity index (χ2n) is 15.3. The van der Waals surface area contributed by atoms with Crippen LogP contribution in [-0.2, 0) is 31.2 Å². The van der Waals surface area contributed by atoms with Crippen molar-refractivity contribution in [1.29, 1.82) is 0 Å². The van der Waals surface area contributed by atoms with E-state index in [0.717, 1.165) is 51.4 Å². The SMILES string of the molecule is Cn1cc(-c2ccnc(-n3ccn4c5c(cc4c3=O)CC(C)(C)C5)c2CO)cc(Nc2ccc(N3CCN(C4COC4)CC34CC4)cn2)c1=O. The Morgan fingerprint density at radius 1 is 1.02 bits per heavy atom. The van der Waals surface area contributed by atoms with Crippen molar-refractivity contribution in [2.45, 2.75) is 57.7 Å². The molecule has 2 aliphatic heterocycles. The Kier molecular flexibility index (Phi) is 7.10. The molecule has 12 nitrogen and oxygen atoms in total. The lowest BCUT2D eigenvalue weighted by molar-refractivity contribution is -0.0710. The molecule has 2 N–H and O–H groups in total. The number of aliphatic hydroxyl groups is 1. The monoisotopic (exact) mass is 674 g/mol. The molecule has 0 aromatic carbocycles.